The summed E-state index contributed by atoms with van der Waals surface area (Å²) >= 11 is 6.16. The molecule has 1 saturated heterocycles. The highest BCUT2D eigenvalue weighted by Gasteiger charge is 2.37. The maximum Gasteiger partial charge on any atom is 0.263 e. The van der Waals surface area contributed by atoms with E-state index in [0.717, 1.165) is 11.1 Å². The molecule has 1 fully saturated rings. The first-order valence-corrected chi connectivity index (χ1v) is 11.9. The lowest BCUT2D eigenvalue weighted by molar-refractivity contribution is -0.140. The maximum atomic E-state index is 14.4. The molecule has 0 aromatic heterocycles. The average molecular weight is 454 g/mol. The molecule has 2 aromatic carbocycles. The molecule has 5 nitrogen and oxygen atoms in total. The third kappa shape index (κ3) is 5.32. The van der Waals surface area contributed by atoms with Gasteiger partial charge in [-0.1, -0.05) is 23.7 Å². The zero-order valence-corrected chi connectivity index (χ0v) is 18.8. The Kier molecular flexibility index (Phi) is 6.72. The normalized spacial score (nSPS) is 18.8. The number of carbonyl (C=O) groups excluding carboxylic acids is 1. The van der Waals surface area contributed by atoms with Crippen LogP contribution in [0.2, 0.25) is 5.02 Å². The number of benzene rings is 2. The Morgan fingerprint density at radius 2 is 1.93 bits per heavy atom. The summed E-state index contributed by atoms with van der Waals surface area (Å²) in [5, 5.41) is 0.191. The molecule has 0 bridgehead atoms. The zero-order valence-electron chi connectivity index (χ0n) is 17.2. The second kappa shape index (κ2) is 8.94. The molecule has 8 heteroatoms. The van der Waals surface area contributed by atoms with Gasteiger partial charge in [-0.3, -0.25) is 4.79 Å². The summed E-state index contributed by atoms with van der Waals surface area (Å²) in [5.74, 6) is -0.546. The van der Waals surface area contributed by atoms with Crippen molar-refractivity contribution in [2.45, 2.75) is 45.9 Å². The summed E-state index contributed by atoms with van der Waals surface area (Å²) in [6.45, 7) is 5.36. The van der Waals surface area contributed by atoms with Crippen LogP contribution in [0.4, 0.5) is 4.39 Å². The SMILES string of the molecule is Cc1cc(C)cc(O[C@@H](C)C(=O)N(Cc2c(F)cccc2Cl)[C@@H]2CCS(=O)(=O)C2)c1. The third-order valence-corrected chi connectivity index (χ3v) is 7.28. The number of ether oxygens (including phenoxy) is 1. The highest BCUT2D eigenvalue weighted by Crippen LogP contribution is 2.27. The molecule has 2 aromatic rings. The van der Waals surface area contributed by atoms with Crippen LogP contribution >= 0.6 is 11.6 Å². The lowest BCUT2D eigenvalue weighted by Crippen LogP contribution is -2.46. The second-order valence-electron chi connectivity index (χ2n) is 7.81. The minimum Gasteiger partial charge on any atom is -0.481 e. The van der Waals surface area contributed by atoms with Crippen LogP contribution in [0.15, 0.2) is 36.4 Å². The predicted molar refractivity (Wildman–Crippen MR) is 115 cm³/mol. The summed E-state index contributed by atoms with van der Waals surface area (Å²) < 4.78 is 44.3. The van der Waals surface area contributed by atoms with Gasteiger partial charge in [-0.05, 0) is 62.6 Å². The van der Waals surface area contributed by atoms with E-state index < -0.39 is 33.7 Å². The summed E-state index contributed by atoms with van der Waals surface area (Å²) in [4.78, 5) is 14.7. The van der Waals surface area contributed by atoms with Gasteiger partial charge in [0.05, 0.1) is 18.1 Å². The van der Waals surface area contributed by atoms with Gasteiger partial charge in [0, 0.05) is 16.6 Å². The number of halogens is 2. The van der Waals surface area contributed by atoms with E-state index in [2.05, 4.69) is 0 Å². The molecule has 3 rings (SSSR count). The van der Waals surface area contributed by atoms with Crippen LogP contribution in [0.3, 0.4) is 0 Å². The van der Waals surface area contributed by atoms with Crippen LogP contribution in [0.25, 0.3) is 0 Å². The van der Waals surface area contributed by atoms with Crippen LogP contribution in [0.1, 0.15) is 30.0 Å². The lowest BCUT2D eigenvalue weighted by Gasteiger charge is -2.31. The molecule has 1 heterocycles. The van der Waals surface area contributed by atoms with Crippen molar-refractivity contribution < 1.29 is 22.3 Å². The molecule has 0 radical (unpaired) electrons. The van der Waals surface area contributed by atoms with E-state index in [1.165, 1.54) is 17.0 Å². The van der Waals surface area contributed by atoms with E-state index in [1.807, 2.05) is 32.0 Å². The monoisotopic (exact) mass is 453 g/mol. The molecule has 0 spiro atoms. The van der Waals surface area contributed by atoms with Gasteiger partial charge in [0.2, 0.25) is 0 Å². The van der Waals surface area contributed by atoms with Gasteiger partial charge in [0.25, 0.3) is 5.91 Å². The molecule has 162 valence electrons. The van der Waals surface area contributed by atoms with E-state index in [0.29, 0.717) is 12.2 Å². The van der Waals surface area contributed by atoms with Crippen LogP contribution in [-0.2, 0) is 21.2 Å². The molecule has 1 aliphatic heterocycles. The minimum atomic E-state index is -3.24. The van der Waals surface area contributed by atoms with Gasteiger partial charge in [-0.25, -0.2) is 12.8 Å². The van der Waals surface area contributed by atoms with Gasteiger partial charge in [0.15, 0.2) is 15.9 Å². The first kappa shape index (κ1) is 22.6. The first-order valence-electron chi connectivity index (χ1n) is 9.74. The molecule has 0 N–H and O–H groups in total. The topological polar surface area (TPSA) is 63.7 Å². The Bertz CT molecular complexity index is 1020. The molecule has 30 heavy (non-hydrogen) atoms. The van der Waals surface area contributed by atoms with Crippen LogP contribution in [-0.4, -0.2) is 42.9 Å². The largest absolute Gasteiger partial charge is 0.481 e. The summed E-state index contributed by atoms with van der Waals surface area (Å²) in [5.41, 5.74) is 2.17. The van der Waals surface area contributed by atoms with Crippen molar-refractivity contribution in [3.05, 3.63) is 63.9 Å². The molecular weight excluding hydrogens is 429 g/mol. The number of nitrogens with zero attached hydrogens (tertiary/aromatic N) is 1. The van der Waals surface area contributed by atoms with Gasteiger partial charge in [-0.15, -0.1) is 0 Å². The predicted octanol–water partition coefficient (Wildman–Crippen LogP) is 4.08. The number of hydrogen-bond donors (Lipinski definition) is 0. The fourth-order valence-electron chi connectivity index (χ4n) is 3.75. The lowest BCUT2D eigenvalue weighted by atomic mass is 10.1. The summed E-state index contributed by atoms with van der Waals surface area (Å²) in [6.07, 6.45) is -0.573. The van der Waals surface area contributed by atoms with E-state index >= 15 is 0 Å². The summed E-state index contributed by atoms with van der Waals surface area (Å²) in [6, 6.07) is 9.40. The number of carbonyl (C=O) groups is 1. The standard InChI is InChI=1S/C22H25ClFNO4S/c1-14-9-15(2)11-18(10-14)29-16(3)22(26)25(17-7-8-30(27,28)13-17)12-19-20(23)5-4-6-21(19)24/h4-6,9-11,16-17H,7-8,12-13H2,1-3H3/t16-,17+/m0/s1. The zero-order chi connectivity index (χ0) is 22.1. The highest BCUT2D eigenvalue weighted by molar-refractivity contribution is 7.91. The van der Waals surface area contributed by atoms with Gasteiger partial charge in [-0.2, -0.15) is 0 Å². The minimum absolute atomic E-state index is 0.00123. The average Bonchev–Trinajstić information content (AvgIpc) is 2.99. The third-order valence-electron chi connectivity index (χ3n) is 5.18. The van der Waals surface area contributed by atoms with E-state index in [1.54, 1.807) is 13.0 Å². The Hall–Kier alpha value is -2.12. The first-order chi connectivity index (χ1) is 14.1. The van der Waals surface area contributed by atoms with Crippen LogP contribution in [0, 0.1) is 19.7 Å². The number of sulfone groups is 1. The molecule has 1 amide bonds. The molecular formula is C22H25ClFNO4S. The van der Waals surface area contributed by atoms with Crippen molar-refractivity contribution in [1.82, 2.24) is 4.90 Å². The van der Waals surface area contributed by atoms with Crippen molar-refractivity contribution in [2.24, 2.45) is 0 Å². The van der Waals surface area contributed by atoms with Gasteiger partial charge < -0.3 is 9.64 Å². The Morgan fingerprint density at radius 1 is 1.27 bits per heavy atom. The van der Waals surface area contributed by atoms with E-state index in [4.69, 9.17) is 16.3 Å². The van der Waals surface area contributed by atoms with Crippen LogP contribution < -0.4 is 4.74 Å². The number of rotatable bonds is 6. The van der Waals surface area contributed by atoms with Gasteiger partial charge >= 0.3 is 0 Å². The molecule has 2 atom stereocenters. The van der Waals surface area contributed by atoms with Crippen molar-refractivity contribution in [3.63, 3.8) is 0 Å². The Balaban J connectivity index is 1.87. The Morgan fingerprint density at radius 3 is 2.50 bits per heavy atom. The van der Waals surface area contributed by atoms with Gasteiger partial charge in [0.1, 0.15) is 11.6 Å². The smallest absolute Gasteiger partial charge is 0.263 e. The van der Waals surface area contributed by atoms with Crippen molar-refractivity contribution in [2.75, 3.05) is 11.5 Å². The number of amides is 1. The fraction of sp³-hybridized carbons (Fsp3) is 0.409. The van der Waals surface area contributed by atoms with Crippen molar-refractivity contribution in [3.8, 4) is 5.75 Å². The molecule has 0 saturated carbocycles. The molecule has 1 aliphatic rings. The quantitative estimate of drug-likeness (QED) is 0.661. The van der Waals surface area contributed by atoms with E-state index in [9.17, 15) is 17.6 Å². The Labute approximate surface area is 181 Å². The van der Waals surface area contributed by atoms with Crippen molar-refractivity contribution >= 4 is 27.3 Å². The maximum absolute atomic E-state index is 14.4. The second-order valence-corrected chi connectivity index (χ2v) is 10.4. The van der Waals surface area contributed by atoms with E-state index in [-0.39, 0.29) is 28.6 Å². The van der Waals surface area contributed by atoms with Crippen LogP contribution in [0.5, 0.6) is 5.75 Å². The summed E-state index contributed by atoms with van der Waals surface area (Å²) in [7, 11) is -3.24. The highest BCUT2D eigenvalue weighted by atomic mass is 35.5. The molecule has 0 aliphatic carbocycles. The number of aryl methyl sites for hydroxylation is 2. The van der Waals surface area contributed by atoms with Crippen molar-refractivity contribution in [1.29, 1.82) is 0 Å². The molecule has 0 unspecified atom stereocenters. The fourth-order valence-corrected chi connectivity index (χ4v) is 5.70. The number of hydrogen-bond acceptors (Lipinski definition) is 4.